The van der Waals surface area contributed by atoms with Crippen molar-refractivity contribution in [3.05, 3.63) is 35.4 Å². The highest BCUT2D eigenvalue weighted by Crippen LogP contribution is 2.19. The summed E-state index contributed by atoms with van der Waals surface area (Å²) in [6.45, 7) is 2.16. The Labute approximate surface area is 107 Å². The van der Waals surface area contributed by atoms with Gasteiger partial charge in [-0.25, -0.2) is 8.78 Å². The first-order valence-electron chi connectivity index (χ1n) is 6.00. The Morgan fingerprint density at radius 1 is 1.44 bits per heavy atom. The summed E-state index contributed by atoms with van der Waals surface area (Å²) in [5, 5.41) is 3.07. The van der Waals surface area contributed by atoms with Gasteiger partial charge in [0.1, 0.15) is 0 Å². The van der Waals surface area contributed by atoms with E-state index in [1.54, 1.807) is 0 Å². The van der Waals surface area contributed by atoms with Crippen LogP contribution in [0.1, 0.15) is 31.4 Å². The molecule has 1 rings (SSSR count). The third kappa shape index (κ3) is 3.52. The van der Waals surface area contributed by atoms with Crippen LogP contribution in [-0.4, -0.2) is 12.6 Å². The van der Waals surface area contributed by atoms with Crippen molar-refractivity contribution in [2.45, 2.75) is 31.8 Å². The second kappa shape index (κ2) is 7.10. The third-order valence-electron chi connectivity index (χ3n) is 2.77. The largest absolute Gasteiger partial charge is 0.329 e. The molecule has 3 N–H and O–H groups in total. The van der Waals surface area contributed by atoms with Crippen molar-refractivity contribution >= 4 is 0 Å². The third-order valence-corrected chi connectivity index (χ3v) is 2.77. The molecule has 2 unspecified atom stereocenters. The van der Waals surface area contributed by atoms with E-state index in [1.807, 2.05) is 6.92 Å². The predicted molar refractivity (Wildman–Crippen MR) is 68.8 cm³/mol. The molecule has 0 radical (unpaired) electrons. The lowest BCUT2D eigenvalue weighted by molar-refractivity contribution is 0.438. The fourth-order valence-corrected chi connectivity index (χ4v) is 1.82. The van der Waals surface area contributed by atoms with E-state index in [2.05, 4.69) is 11.2 Å². The van der Waals surface area contributed by atoms with Gasteiger partial charge in [-0.2, -0.15) is 0 Å². The van der Waals surface area contributed by atoms with Crippen LogP contribution in [-0.2, 0) is 0 Å². The van der Waals surface area contributed by atoms with Crippen molar-refractivity contribution in [3.63, 3.8) is 0 Å². The van der Waals surface area contributed by atoms with Gasteiger partial charge in [-0.15, -0.1) is 6.42 Å². The van der Waals surface area contributed by atoms with Crippen LogP contribution < -0.4 is 11.1 Å². The summed E-state index contributed by atoms with van der Waals surface area (Å²) in [5.74, 6) is 0.846. The van der Waals surface area contributed by atoms with E-state index in [0.717, 1.165) is 18.9 Å². The minimum absolute atomic E-state index is 0.155. The van der Waals surface area contributed by atoms with Crippen molar-refractivity contribution in [3.8, 4) is 12.3 Å². The predicted octanol–water partition coefficient (Wildman–Crippen LogP) is 2.36. The van der Waals surface area contributed by atoms with E-state index in [-0.39, 0.29) is 18.2 Å². The topological polar surface area (TPSA) is 38.0 Å². The van der Waals surface area contributed by atoms with Crippen molar-refractivity contribution < 1.29 is 8.78 Å². The van der Waals surface area contributed by atoms with E-state index >= 15 is 0 Å². The first-order chi connectivity index (χ1) is 8.63. The summed E-state index contributed by atoms with van der Waals surface area (Å²) in [7, 11) is 0. The molecular formula is C14H18F2N2. The zero-order valence-electron chi connectivity index (χ0n) is 10.4. The van der Waals surface area contributed by atoms with E-state index < -0.39 is 17.7 Å². The molecule has 4 heteroatoms. The maximum atomic E-state index is 13.7. The fraction of sp³-hybridized carbons (Fsp3) is 0.429. The normalized spacial score (nSPS) is 13.9. The molecule has 0 bridgehead atoms. The first-order valence-corrected chi connectivity index (χ1v) is 6.00. The van der Waals surface area contributed by atoms with Gasteiger partial charge < -0.3 is 5.73 Å². The second-order valence-corrected chi connectivity index (χ2v) is 4.11. The van der Waals surface area contributed by atoms with Gasteiger partial charge >= 0.3 is 0 Å². The lowest BCUT2D eigenvalue weighted by Crippen LogP contribution is -2.36. The van der Waals surface area contributed by atoms with Gasteiger partial charge in [0, 0.05) is 18.2 Å². The zero-order valence-corrected chi connectivity index (χ0v) is 10.4. The molecule has 0 saturated carbocycles. The van der Waals surface area contributed by atoms with E-state index in [9.17, 15) is 8.78 Å². The van der Waals surface area contributed by atoms with Crippen LogP contribution in [0.4, 0.5) is 8.78 Å². The summed E-state index contributed by atoms with van der Waals surface area (Å²) in [5.41, 5.74) is 5.82. The summed E-state index contributed by atoms with van der Waals surface area (Å²) < 4.78 is 26.8. The number of rotatable bonds is 6. The molecule has 0 fully saturated rings. The van der Waals surface area contributed by atoms with Gasteiger partial charge in [-0.3, -0.25) is 5.32 Å². The average Bonchev–Trinajstić information content (AvgIpc) is 2.38. The molecule has 1 aromatic rings. The molecule has 0 heterocycles. The van der Waals surface area contributed by atoms with Gasteiger partial charge in [0.25, 0.3) is 0 Å². The molecule has 0 aliphatic rings. The Morgan fingerprint density at radius 2 is 2.17 bits per heavy atom. The van der Waals surface area contributed by atoms with Crippen molar-refractivity contribution in [1.82, 2.24) is 5.32 Å². The molecule has 0 amide bonds. The summed E-state index contributed by atoms with van der Waals surface area (Å²) >= 11 is 0. The maximum absolute atomic E-state index is 13.7. The zero-order chi connectivity index (χ0) is 13.5. The second-order valence-electron chi connectivity index (χ2n) is 4.11. The molecule has 2 atom stereocenters. The number of terminal acetylenes is 1. The SMILES string of the molecule is C#CC(CCC)NC(CN)c1cccc(F)c1F. The number of benzene rings is 1. The molecule has 1 aromatic carbocycles. The van der Waals surface area contributed by atoms with E-state index in [0.29, 0.717) is 0 Å². The van der Waals surface area contributed by atoms with Crippen LogP contribution in [0.25, 0.3) is 0 Å². The molecule has 18 heavy (non-hydrogen) atoms. The fourth-order valence-electron chi connectivity index (χ4n) is 1.82. The number of hydrogen-bond acceptors (Lipinski definition) is 2. The van der Waals surface area contributed by atoms with Gasteiger partial charge in [0.2, 0.25) is 0 Å². The van der Waals surface area contributed by atoms with Crippen LogP contribution in [0.2, 0.25) is 0 Å². The van der Waals surface area contributed by atoms with Gasteiger partial charge in [-0.1, -0.05) is 31.4 Å². The minimum atomic E-state index is -0.875. The van der Waals surface area contributed by atoms with Crippen LogP contribution in [0.3, 0.4) is 0 Å². The smallest absolute Gasteiger partial charge is 0.163 e. The number of halogens is 2. The first kappa shape index (κ1) is 14.6. The minimum Gasteiger partial charge on any atom is -0.329 e. The highest BCUT2D eigenvalue weighted by Gasteiger charge is 2.19. The number of hydrogen-bond donors (Lipinski definition) is 2. The molecule has 2 nitrogen and oxygen atoms in total. The lowest BCUT2D eigenvalue weighted by atomic mass is 10.0. The van der Waals surface area contributed by atoms with Gasteiger partial charge in [-0.05, 0) is 12.5 Å². The lowest BCUT2D eigenvalue weighted by Gasteiger charge is -2.22. The highest BCUT2D eigenvalue weighted by atomic mass is 19.2. The monoisotopic (exact) mass is 252 g/mol. The standard InChI is InChI=1S/C14H18F2N2/c1-3-6-10(4-2)18-13(9-17)11-7-5-8-12(15)14(11)16/h2,5,7-8,10,13,18H,3,6,9,17H2,1H3. The van der Waals surface area contributed by atoms with Crippen LogP contribution in [0.5, 0.6) is 0 Å². The molecule has 98 valence electrons. The van der Waals surface area contributed by atoms with Gasteiger partial charge in [0.05, 0.1) is 6.04 Å². The summed E-state index contributed by atoms with van der Waals surface area (Å²) in [6.07, 6.45) is 7.06. The number of nitrogens with two attached hydrogens (primary N) is 1. The maximum Gasteiger partial charge on any atom is 0.163 e. The van der Waals surface area contributed by atoms with Crippen molar-refractivity contribution in [2.75, 3.05) is 6.54 Å². The Hall–Kier alpha value is -1.44. The summed E-state index contributed by atoms with van der Waals surface area (Å²) in [6, 6.07) is 3.39. The average molecular weight is 252 g/mol. The number of nitrogens with one attached hydrogen (secondary N) is 1. The quantitative estimate of drug-likeness (QED) is 0.763. The molecule has 0 spiro atoms. The molecule has 0 aromatic heterocycles. The van der Waals surface area contributed by atoms with Crippen LogP contribution in [0, 0.1) is 24.0 Å². The Bertz CT molecular complexity index is 426. The molecule has 0 saturated heterocycles. The van der Waals surface area contributed by atoms with Crippen molar-refractivity contribution in [2.24, 2.45) is 5.73 Å². The summed E-state index contributed by atoms with van der Waals surface area (Å²) in [4.78, 5) is 0. The Morgan fingerprint density at radius 3 is 2.72 bits per heavy atom. The molecule has 0 aliphatic heterocycles. The van der Waals surface area contributed by atoms with Gasteiger partial charge in [0.15, 0.2) is 11.6 Å². The van der Waals surface area contributed by atoms with E-state index in [4.69, 9.17) is 12.2 Å². The van der Waals surface area contributed by atoms with Crippen LogP contribution in [0.15, 0.2) is 18.2 Å². The van der Waals surface area contributed by atoms with Crippen molar-refractivity contribution in [1.29, 1.82) is 0 Å². The molecular weight excluding hydrogens is 234 g/mol. The molecule has 0 aliphatic carbocycles. The van der Waals surface area contributed by atoms with Crippen LogP contribution >= 0.6 is 0 Å². The highest BCUT2D eigenvalue weighted by molar-refractivity contribution is 5.23. The Balaban J connectivity index is 2.89. The van der Waals surface area contributed by atoms with E-state index in [1.165, 1.54) is 12.1 Å². The Kier molecular flexibility index (Phi) is 5.76.